The highest BCUT2D eigenvalue weighted by Crippen LogP contribution is 2.25. The van der Waals surface area contributed by atoms with Crippen molar-refractivity contribution in [3.05, 3.63) is 41.1 Å². The van der Waals surface area contributed by atoms with E-state index in [1.54, 1.807) is 24.3 Å². The third-order valence-electron chi connectivity index (χ3n) is 2.58. The molecule has 1 aromatic heterocycles. The summed E-state index contributed by atoms with van der Waals surface area (Å²) in [6, 6.07) is 9.90. The van der Waals surface area contributed by atoms with E-state index in [1.165, 1.54) is 13.0 Å². The molecular formula is C12H7ClN4O2S. The van der Waals surface area contributed by atoms with Crippen LogP contribution in [0.2, 0.25) is 0 Å². The molecule has 0 spiro atoms. The second-order valence-corrected chi connectivity index (χ2v) is 6.37. The summed E-state index contributed by atoms with van der Waals surface area (Å²) >= 11 is 0. The summed E-state index contributed by atoms with van der Waals surface area (Å²) in [5.74, 6) is 0. The average molecular weight is 307 g/mol. The Morgan fingerprint density at radius 1 is 1.30 bits per heavy atom. The van der Waals surface area contributed by atoms with Crippen molar-refractivity contribution in [2.75, 3.05) is 0 Å². The van der Waals surface area contributed by atoms with E-state index in [9.17, 15) is 8.42 Å². The summed E-state index contributed by atoms with van der Waals surface area (Å²) in [6.45, 7) is 1.51. The van der Waals surface area contributed by atoms with E-state index in [4.69, 9.17) is 21.2 Å². The molecule has 0 unspecified atom stereocenters. The zero-order chi connectivity index (χ0) is 14.9. The first-order chi connectivity index (χ1) is 9.38. The molecule has 1 heterocycles. The molecule has 0 amide bonds. The van der Waals surface area contributed by atoms with Crippen LogP contribution in [0.3, 0.4) is 0 Å². The van der Waals surface area contributed by atoms with E-state index < -0.39 is 14.1 Å². The maximum atomic E-state index is 11.7. The molecule has 0 saturated carbocycles. The van der Waals surface area contributed by atoms with Crippen LogP contribution in [0.4, 0.5) is 0 Å². The quantitative estimate of drug-likeness (QED) is 0.788. The van der Waals surface area contributed by atoms with Crippen molar-refractivity contribution in [1.82, 2.24) is 9.78 Å². The minimum Gasteiger partial charge on any atom is -0.219 e. The zero-order valence-corrected chi connectivity index (χ0v) is 11.8. The Bertz CT molecular complexity index is 872. The third kappa shape index (κ3) is 2.37. The van der Waals surface area contributed by atoms with Gasteiger partial charge in [-0.2, -0.15) is 15.6 Å². The minimum absolute atomic E-state index is 0.109. The zero-order valence-electron chi connectivity index (χ0n) is 10.2. The average Bonchev–Trinajstić information content (AvgIpc) is 2.75. The minimum atomic E-state index is -4.16. The number of benzene rings is 1. The van der Waals surface area contributed by atoms with Crippen LogP contribution in [0, 0.1) is 29.6 Å². The second-order valence-electron chi connectivity index (χ2n) is 3.89. The lowest BCUT2D eigenvalue weighted by Crippen LogP contribution is -2.06. The van der Waals surface area contributed by atoms with Crippen LogP contribution in [-0.2, 0) is 9.05 Å². The molecule has 0 aliphatic rings. The third-order valence-corrected chi connectivity index (χ3v) is 3.86. The van der Waals surface area contributed by atoms with E-state index in [0.717, 1.165) is 4.68 Å². The molecular weight excluding hydrogens is 300 g/mol. The Morgan fingerprint density at radius 2 is 2.00 bits per heavy atom. The fraction of sp³-hybridized carbons (Fsp3) is 0.0833. The van der Waals surface area contributed by atoms with Gasteiger partial charge in [-0.05, 0) is 25.1 Å². The van der Waals surface area contributed by atoms with E-state index in [-0.39, 0.29) is 11.3 Å². The highest BCUT2D eigenvalue weighted by atomic mass is 35.7. The maximum Gasteiger partial charge on any atom is 0.280 e. The number of hydrogen-bond acceptors (Lipinski definition) is 5. The van der Waals surface area contributed by atoms with Crippen LogP contribution in [0.25, 0.3) is 5.69 Å². The fourth-order valence-corrected chi connectivity index (χ4v) is 2.96. The normalized spacial score (nSPS) is 10.8. The van der Waals surface area contributed by atoms with Gasteiger partial charge in [0, 0.05) is 10.7 Å². The Hall–Kier alpha value is -2.35. The van der Waals surface area contributed by atoms with Gasteiger partial charge in [0.2, 0.25) is 0 Å². The number of nitrogens with zero attached hydrogens (tertiary/aromatic N) is 4. The topological polar surface area (TPSA) is 99.5 Å². The molecule has 0 fully saturated rings. The lowest BCUT2D eigenvalue weighted by molar-refractivity contribution is 0.599. The number of nitriles is 2. The predicted octanol–water partition coefficient (Wildman–Crippen LogP) is 1.85. The Kier molecular flexibility index (Phi) is 3.49. The van der Waals surface area contributed by atoms with Gasteiger partial charge in [-0.1, -0.05) is 6.07 Å². The standard InChI is InChI=1S/C12H7ClN4O2S/c1-8-11(7-15)12(20(13,18)19)17(16-8)10-4-2-3-9(5-10)6-14/h2-5H,1H3. The van der Waals surface area contributed by atoms with Crippen LogP contribution < -0.4 is 0 Å². The van der Waals surface area contributed by atoms with Gasteiger partial charge >= 0.3 is 0 Å². The van der Waals surface area contributed by atoms with E-state index in [2.05, 4.69) is 5.10 Å². The molecule has 100 valence electrons. The number of rotatable bonds is 2. The van der Waals surface area contributed by atoms with Crippen molar-refractivity contribution in [3.63, 3.8) is 0 Å². The van der Waals surface area contributed by atoms with E-state index >= 15 is 0 Å². The molecule has 0 N–H and O–H groups in total. The van der Waals surface area contributed by atoms with Crippen molar-refractivity contribution in [1.29, 1.82) is 10.5 Å². The molecule has 0 bridgehead atoms. The SMILES string of the molecule is Cc1nn(-c2cccc(C#N)c2)c(S(=O)(=O)Cl)c1C#N. The first kappa shape index (κ1) is 14.1. The van der Waals surface area contributed by atoms with E-state index in [0.29, 0.717) is 11.3 Å². The van der Waals surface area contributed by atoms with Crippen LogP contribution in [0.5, 0.6) is 0 Å². The molecule has 2 rings (SSSR count). The van der Waals surface area contributed by atoms with Gasteiger partial charge in [-0.3, -0.25) is 0 Å². The lowest BCUT2D eigenvalue weighted by atomic mass is 10.2. The molecule has 6 nitrogen and oxygen atoms in total. The predicted molar refractivity (Wildman–Crippen MR) is 70.8 cm³/mol. The molecule has 0 saturated heterocycles. The second kappa shape index (κ2) is 4.97. The molecule has 2 aromatic rings. The number of hydrogen-bond donors (Lipinski definition) is 0. The van der Waals surface area contributed by atoms with E-state index in [1.807, 2.05) is 6.07 Å². The molecule has 0 aliphatic heterocycles. The maximum absolute atomic E-state index is 11.7. The van der Waals surface area contributed by atoms with Gasteiger partial charge in [-0.25, -0.2) is 13.1 Å². The molecule has 0 aliphatic carbocycles. The monoisotopic (exact) mass is 306 g/mol. The van der Waals surface area contributed by atoms with Gasteiger partial charge in [-0.15, -0.1) is 0 Å². The smallest absolute Gasteiger partial charge is 0.219 e. The highest BCUT2D eigenvalue weighted by molar-refractivity contribution is 8.13. The Morgan fingerprint density at radius 3 is 2.55 bits per heavy atom. The van der Waals surface area contributed by atoms with Crippen molar-refractivity contribution >= 4 is 19.7 Å². The first-order valence-electron chi connectivity index (χ1n) is 5.33. The summed E-state index contributed by atoms with van der Waals surface area (Å²) in [5, 5.41) is 21.5. The summed E-state index contributed by atoms with van der Waals surface area (Å²) in [6.07, 6.45) is 0. The Balaban J connectivity index is 2.83. The van der Waals surface area contributed by atoms with Crippen LogP contribution in [0.15, 0.2) is 29.3 Å². The van der Waals surface area contributed by atoms with Crippen LogP contribution in [-0.4, -0.2) is 18.2 Å². The van der Waals surface area contributed by atoms with Gasteiger partial charge in [0.25, 0.3) is 9.05 Å². The highest BCUT2D eigenvalue weighted by Gasteiger charge is 2.26. The van der Waals surface area contributed by atoms with Crippen LogP contribution in [0.1, 0.15) is 16.8 Å². The molecule has 0 radical (unpaired) electrons. The van der Waals surface area contributed by atoms with Crippen molar-refractivity contribution < 1.29 is 8.42 Å². The first-order valence-corrected chi connectivity index (χ1v) is 7.64. The molecule has 20 heavy (non-hydrogen) atoms. The van der Waals surface area contributed by atoms with Gasteiger partial charge < -0.3 is 0 Å². The summed E-state index contributed by atoms with van der Waals surface area (Å²) < 4.78 is 24.4. The summed E-state index contributed by atoms with van der Waals surface area (Å²) in [4.78, 5) is 0. The van der Waals surface area contributed by atoms with Crippen LogP contribution >= 0.6 is 10.7 Å². The molecule has 0 atom stereocenters. The van der Waals surface area contributed by atoms with Gasteiger partial charge in [0.1, 0.15) is 11.6 Å². The number of aromatic nitrogens is 2. The summed E-state index contributed by atoms with van der Waals surface area (Å²) in [5.41, 5.74) is 0.816. The number of halogens is 1. The van der Waals surface area contributed by atoms with Gasteiger partial charge in [0.15, 0.2) is 5.03 Å². The largest absolute Gasteiger partial charge is 0.280 e. The number of aryl methyl sites for hydroxylation is 1. The molecule has 8 heteroatoms. The Labute approximate surface area is 119 Å². The van der Waals surface area contributed by atoms with Crippen molar-refractivity contribution in [2.45, 2.75) is 11.9 Å². The van der Waals surface area contributed by atoms with Gasteiger partial charge in [0.05, 0.1) is 23.0 Å². The van der Waals surface area contributed by atoms with Crippen molar-refractivity contribution in [2.24, 2.45) is 0 Å². The molecule has 1 aromatic carbocycles. The summed E-state index contributed by atoms with van der Waals surface area (Å²) in [7, 11) is 1.22. The fourth-order valence-electron chi connectivity index (χ4n) is 1.74. The lowest BCUT2D eigenvalue weighted by Gasteiger charge is -2.05. The van der Waals surface area contributed by atoms with Crippen molar-refractivity contribution in [3.8, 4) is 17.8 Å².